The molecule has 0 saturated heterocycles. The zero-order valence-corrected chi connectivity index (χ0v) is 14.5. The van der Waals surface area contributed by atoms with Crippen molar-refractivity contribution in [2.75, 3.05) is 5.75 Å². The minimum atomic E-state index is -0.293. The summed E-state index contributed by atoms with van der Waals surface area (Å²) in [6.07, 6.45) is 0. The van der Waals surface area contributed by atoms with Gasteiger partial charge in [0, 0.05) is 0 Å². The molecule has 0 unspecified atom stereocenters. The van der Waals surface area contributed by atoms with Crippen LogP contribution in [0.15, 0.2) is 46.9 Å². The number of carbonyl (C=O) groups excluding carboxylic acids is 1. The summed E-state index contributed by atoms with van der Waals surface area (Å²) >= 11 is 2.84. The monoisotopic (exact) mass is 362 g/mol. The number of benzene rings is 1. The second kappa shape index (κ2) is 7.59. The molecule has 3 aromatic rings. The first-order chi connectivity index (χ1) is 11.6. The molecule has 2 heterocycles. The summed E-state index contributed by atoms with van der Waals surface area (Å²) in [6, 6.07) is 9.80. The molecule has 2 N–H and O–H groups in total. The molecule has 0 saturated carbocycles. The van der Waals surface area contributed by atoms with Gasteiger partial charge in [0.25, 0.3) is 0 Å². The minimum absolute atomic E-state index is 0.126. The maximum absolute atomic E-state index is 12.9. The number of halogens is 1. The summed E-state index contributed by atoms with van der Waals surface area (Å²) in [5, 5.41) is 12.3. The second-order valence-electron chi connectivity index (χ2n) is 5.07. The molecule has 1 amide bonds. The van der Waals surface area contributed by atoms with Gasteiger partial charge >= 0.3 is 0 Å². The third kappa shape index (κ3) is 4.21. The average molecular weight is 362 g/mol. The number of nitrogens with one attached hydrogen (secondary N) is 2. The third-order valence-electron chi connectivity index (χ3n) is 3.30. The first kappa shape index (κ1) is 16.7. The average Bonchev–Trinajstić information content (AvgIpc) is 3.25. The van der Waals surface area contributed by atoms with Gasteiger partial charge in [0.15, 0.2) is 5.82 Å². The molecule has 8 heteroatoms. The standard InChI is InChI=1S/C16H15FN4OS2/c1-10(11-4-6-12(17)7-5-11)18-14(22)9-24-16-19-15(20-21-16)13-3-2-8-23-13/h2-8,10H,9H2,1H3,(H,18,22)(H,19,20,21)/t10-/m0/s1. The lowest BCUT2D eigenvalue weighted by atomic mass is 10.1. The quantitative estimate of drug-likeness (QED) is 0.657. The van der Waals surface area contributed by atoms with Crippen molar-refractivity contribution in [3.05, 3.63) is 53.2 Å². The molecule has 1 atom stereocenters. The van der Waals surface area contributed by atoms with Crippen LogP contribution in [0, 0.1) is 5.82 Å². The highest BCUT2D eigenvalue weighted by Gasteiger charge is 2.12. The van der Waals surface area contributed by atoms with Gasteiger partial charge in [0.05, 0.1) is 16.7 Å². The Morgan fingerprint density at radius 3 is 2.88 bits per heavy atom. The molecule has 5 nitrogen and oxygen atoms in total. The van der Waals surface area contributed by atoms with E-state index in [1.807, 2.05) is 24.4 Å². The van der Waals surface area contributed by atoms with Crippen molar-refractivity contribution < 1.29 is 9.18 Å². The van der Waals surface area contributed by atoms with Crippen molar-refractivity contribution >= 4 is 29.0 Å². The predicted molar refractivity (Wildman–Crippen MR) is 93.4 cm³/mol. The van der Waals surface area contributed by atoms with E-state index in [9.17, 15) is 9.18 Å². The first-order valence-corrected chi connectivity index (χ1v) is 9.12. The van der Waals surface area contributed by atoms with E-state index in [4.69, 9.17) is 0 Å². The smallest absolute Gasteiger partial charge is 0.230 e. The van der Waals surface area contributed by atoms with Crippen LogP contribution in [0.3, 0.4) is 0 Å². The number of nitrogens with zero attached hydrogens (tertiary/aromatic N) is 2. The van der Waals surface area contributed by atoms with Crippen molar-refractivity contribution in [3.63, 3.8) is 0 Å². The van der Waals surface area contributed by atoms with Crippen LogP contribution in [0.1, 0.15) is 18.5 Å². The maximum Gasteiger partial charge on any atom is 0.230 e. The molecule has 3 rings (SSSR count). The number of rotatable bonds is 6. The summed E-state index contributed by atoms with van der Waals surface area (Å²) in [5.41, 5.74) is 0.854. The van der Waals surface area contributed by atoms with Crippen molar-refractivity contribution in [2.45, 2.75) is 18.1 Å². The zero-order chi connectivity index (χ0) is 16.9. The Hall–Kier alpha value is -2.19. The predicted octanol–water partition coefficient (Wildman–Crippen LogP) is 3.64. The summed E-state index contributed by atoms with van der Waals surface area (Å²) in [5.74, 6) is 0.499. The van der Waals surface area contributed by atoms with E-state index in [1.165, 1.54) is 23.9 Å². The van der Waals surface area contributed by atoms with E-state index in [2.05, 4.69) is 20.5 Å². The van der Waals surface area contributed by atoms with Gasteiger partial charge in [0.1, 0.15) is 5.82 Å². The van der Waals surface area contributed by atoms with Gasteiger partial charge in [-0.25, -0.2) is 9.37 Å². The third-order valence-corrected chi connectivity index (χ3v) is 5.02. The zero-order valence-electron chi connectivity index (χ0n) is 12.8. The lowest BCUT2D eigenvalue weighted by Gasteiger charge is -2.13. The van der Waals surface area contributed by atoms with Crippen LogP contribution in [0.4, 0.5) is 4.39 Å². The van der Waals surface area contributed by atoms with Crippen LogP contribution in [0.2, 0.25) is 0 Å². The summed E-state index contributed by atoms with van der Waals surface area (Å²) < 4.78 is 12.9. The van der Waals surface area contributed by atoms with Crippen LogP contribution >= 0.6 is 23.1 Å². The summed E-state index contributed by atoms with van der Waals surface area (Å²) in [6.45, 7) is 1.86. The maximum atomic E-state index is 12.9. The minimum Gasteiger partial charge on any atom is -0.349 e. The topological polar surface area (TPSA) is 70.7 Å². The highest BCUT2D eigenvalue weighted by Crippen LogP contribution is 2.23. The van der Waals surface area contributed by atoms with E-state index in [0.717, 1.165) is 10.4 Å². The number of H-pyrrole nitrogens is 1. The molecule has 0 spiro atoms. The van der Waals surface area contributed by atoms with Gasteiger partial charge in [-0.05, 0) is 36.1 Å². The summed E-state index contributed by atoms with van der Waals surface area (Å²) in [7, 11) is 0. The molecule has 0 aliphatic rings. The highest BCUT2D eigenvalue weighted by atomic mass is 32.2. The van der Waals surface area contributed by atoms with E-state index < -0.39 is 0 Å². The molecule has 0 aliphatic heterocycles. The number of aromatic amines is 1. The normalized spacial score (nSPS) is 12.1. The highest BCUT2D eigenvalue weighted by molar-refractivity contribution is 7.99. The number of amides is 1. The lowest BCUT2D eigenvalue weighted by molar-refractivity contribution is -0.119. The van der Waals surface area contributed by atoms with Crippen LogP contribution < -0.4 is 5.32 Å². The second-order valence-corrected chi connectivity index (χ2v) is 6.96. The van der Waals surface area contributed by atoms with Crippen LogP contribution in [0.5, 0.6) is 0 Å². The van der Waals surface area contributed by atoms with Gasteiger partial charge in [-0.15, -0.1) is 16.4 Å². The van der Waals surface area contributed by atoms with E-state index in [-0.39, 0.29) is 23.5 Å². The molecule has 0 aliphatic carbocycles. The van der Waals surface area contributed by atoms with Crippen LogP contribution in [-0.4, -0.2) is 26.8 Å². The molecule has 24 heavy (non-hydrogen) atoms. The van der Waals surface area contributed by atoms with Crippen molar-refractivity contribution in [1.29, 1.82) is 0 Å². The van der Waals surface area contributed by atoms with Gasteiger partial charge in [-0.2, -0.15) is 0 Å². The number of aromatic nitrogens is 3. The van der Waals surface area contributed by atoms with Gasteiger partial charge in [-0.3, -0.25) is 9.89 Å². The Morgan fingerprint density at radius 1 is 1.38 bits per heavy atom. The molecule has 2 aromatic heterocycles. The number of hydrogen-bond acceptors (Lipinski definition) is 5. The lowest BCUT2D eigenvalue weighted by Crippen LogP contribution is -2.28. The fourth-order valence-electron chi connectivity index (χ4n) is 2.08. The van der Waals surface area contributed by atoms with E-state index >= 15 is 0 Å². The molecule has 0 fully saturated rings. The Kier molecular flexibility index (Phi) is 5.27. The van der Waals surface area contributed by atoms with Gasteiger partial charge in [0.2, 0.25) is 11.1 Å². The first-order valence-electron chi connectivity index (χ1n) is 7.26. The van der Waals surface area contributed by atoms with Crippen molar-refractivity contribution in [1.82, 2.24) is 20.5 Å². The Morgan fingerprint density at radius 2 is 2.17 bits per heavy atom. The van der Waals surface area contributed by atoms with Crippen LogP contribution in [-0.2, 0) is 4.79 Å². The molecular weight excluding hydrogens is 347 g/mol. The van der Waals surface area contributed by atoms with E-state index in [0.29, 0.717) is 11.0 Å². The number of carbonyl (C=O) groups is 1. The number of thioether (sulfide) groups is 1. The number of hydrogen-bond donors (Lipinski definition) is 2. The summed E-state index contributed by atoms with van der Waals surface area (Å²) in [4.78, 5) is 17.4. The Balaban J connectivity index is 1.51. The molecule has 124 valence electrons. The van der Waals surface area contributed by atoms with Crippen LogP contribution in [0.25, 0.3) is 10.7 Å². The fourth-order valence-corrected chi connectivity index (χ4v) is 3.36. The molecule has 0 bridgehead atoms. The number of thiophene rings is 1. The Labute approximate surface area is 146 Å². The molecular formula is C16H15FN4OS2. The Bertz CT molecular complexity index is 802. The van der Waals surface area contributed by atoms with Crippen molar-refractivity contribution in [2.24, 2.45) is 0 Å². The largest absolute Gasteiger partial charge is 0.349 e. The van der Waals surface area contributed by atoms with E-state index in [1.54, 1.807) is 23.5 Å². The fraction of sp³-hybridized carbons (Fsp3) is 0.188. The molecule has 0 radical (unpaired) electrons. The van der Waals surface area contributed by atoms with Gasteiger partial charge in [-0.1, -0.05) is 30.0 Å². The SMILES string of the molecule is C[C@H](NC(=O)CSc1n[nH]c(-c2cccs2)n1)c1ccc(F)cc1. The van der Waals surface area contributed by atoms with Gasteiger partial charge < -0.3 is 5.32 Å². The van der Waals surface area contributed by atoms with Crippen molar-refractivity contribution in [3.8, 4) is 10.7 Å². The molecule has 1 aromatic carbocycles.